The van der Waals surface area contributed by atoms with Crippen LogP contribution in [0.3, 0.4) is 0 Å². The number of nitrogens with one attached hydrogen (secondary N) is 1. The van der Waals surface area contributed by atoms with Gasteiger partial charge >= 0.3 is 0 Å². The van der Waals surface area contributed by atoms with Crippen LogP contribution in [-0.4, -0.2) is 73.0 Å². The molecule has 4 rings (SSSR count). The highest BCUT2D eigenvalue weighted by atomic mass is 16.5. The van der Waals surface area contributed by atoms with Crippen molar-refractivity contribution in [1.82, 2.24) is 20.1 Å². The fourth-order valence-electron chi connectivity index (χ4n) is 5.17. The molecular weight excluding hydrogens is 432 g/mol. The van der Waals surface area contributed by atoms with Gasteiger partial charge in [0.25, 0.3) is 5.91 Å². The van der Waals surface area contributed by atoms with Crippen molar-refractivity contribution in [1.29, 1.82) is 0 Å². The molecular formula is C26H34N4O4. The first-order valence-electron chi connectivity index (χ1n) is 12.0. The van der Waals surface area contributed by atoms with Crippen molar-refractivity contribution < 1.29 is 19.1 Å². The highest BCUT2D eigenvalue weighted by Crippen LogP contribution is 2.32. The molecule has 8 heteroatoms. The quantitative estimate of drug-likeness (QED) is 0.644. The summed E-state index contributed by atoms with van der Waals surface area (Å²) in [7, 11) is 3.11. The summed E-state index contributed by atoms with van der Waals surface area (Å²) in [6.45, 7) is 2.93. The Kier molecular flexibility index (Phi) is 8.00. The Morgan fingerprint density at radius 3 is 2.21 bits per heavy atom. The molecule has 1 unspecified atom stereocenters. The molecule has 0 spiro atoms. The molecule has 1 aromatic heterocycles. The monoisotopic (exact) mass is 466 g/mol. The second kappa shape index (κ2) is 11.3. The van der Waals surface area contributed by atoms with Crippen LogP contribution in [0.1, 0.15) is 41.6 Å². The molecule has 8 nitrogen and oxygen atoms in total. The number of aromatic nitrogens is 1. The van der Waals surface area contributed by atoms with Gasteiger partial charge < -0.3 is 19.7 Å². The maximum Gasteiger partial charge on any atom is 0.261 e. The molecule has 1 aliphatic carbocycles. The largest absolute Gasteiger partial charge is 0.496 e. The minimum Gasteiger partial charge on any atom is -0.496 e. The first kappa shape index (κ1) is 24.0. The zero-order chi connectivity index (χ0) is 23.9. The van der Waals surface area contributed by atoms with Crippen molar-refractivity contribution in [3.05, 3.63) is 53.9 Å². The third-order valence-electron chi connectivity index (χ3n) is 6.97. The normalized spacial score (nSPS) is 17.9. The third kappa shape index (κ3) is 5.33. The van der Waals surface area contributed by atoms with Gasteiger partial charge in [0.1, 0.15) is 17.1 Å². The first-order valence-corrected chi connectivity index (χ1v) is 12.0. The number of methoxy groups -OCH3 is 2. The van der Waals surface area contributed by atoms with Crippen LogP contribution in [0.5, 0.6) is 11.5 Å². The number of ether oxygens (including phenoxy) is 2. The van der Waals surface area contributed by atoms with E-state index in [-0.39, 0.29) is 17.9 Å². The number of hydrogen-bond donors (Lipinski definition) is 1. The number of carbonyl (C=O) groups is 2. The molecule has 2 aromatic rings. The van der Waals surface area contributed by atoms with E-state index < -0.39 is 0 Å². The summed E-state index contributed by atoms with van der Waals surface area (Å²) in [4.78, 5) is 34.8. The smallest absolute Gasteiger partial charge is 0.261 e. The van der Waals surface area contributed by atoms with Gasteiger partial charge in [0.15, 0.2) is 0 Å². The zero-order valence-corrected chi connectivity index (χ0v) is 20.0. The summed E-state index contributed by atoms with van der Waals surface area (Å²) in [5.74, 6) is 1.34. The SMILES string of the molecule is COc1cccc(OC)c1C(=O)N1CCN(C(C(=O)NCc2ccncc2)C2CCCC2)CC1. The summed E-state index contributed by atoms with van der Waals surface area (Å²) in [5, 5.41) is 3.14. The minimum atomic E-state index is -0.164. The Balaban J connectivity index is 1.43. The number of hydrogen-bond acceptors (Lipinski definition) is 6. The summed E-state index contributed by atoms with van der Waals surface area (Å²) in [6.07, 6.45) is 7.97. The zero-order valence-electron chi connectivity index (χ0n) is 20.0. The van der Waals surface area contributed by atoms with Crippen LogP contribution < -0.4 is 14.8 Å². The Labute approximate surface area is 201 Å². The number of benzene rings is 1. The molecule has 2 fully saturated rings. The lowest BCUT2D eigenvalue weighted by molar-refractivity contribution is -0.129. The average molecular weight is 467 g/mol. The molecule has 1 N–H and O–H groups in total. The molecule has 2 amide bonds. The van der Waals surface area contributed by atoms with Gasteiger partial charge in [-0.25, -0.2) is 0 Å². The van der Waals surface area contributed by atoms with Gasteiger partial charge in [-0.1, -0.05) is 18.9 Å². The van der Waals surface area contributed by atoms with Crippen LogP contribution in [0.4, 0.5) is 0 Å². The minimum absolute atomic E-state index is 0.0786. The van der Waals surface area contributed by atoms with Crippen LogP contribution in [0.2, 0.25) is 0 Å². The second-order valence-electron chi connectivity index (χ2n) is 8.93. The van der Waals surface area contributed by atoms with E-state index in [0.717, 1.165) is 18.4 Å². The van der Waals surface area contributed by atoms with Crippen molar-refractivity contribution in [2.75, 3.05) is 40.4 Å². The maximum atomic E-state index is 13.3. The highest BCUT2D eigenvalue weighted by molar-refractivity contribution is 5.99. The Hall–Kier alpha value is -3.13. The van der Waals surface area contributed by atoms with E-state index in [1.807, 2.05) is 23.1 Å². The van der Waals surface area contributed by atoms with Crippen LogP contribution in [0.25, 0.3) is 0 Å². The average Bonchev–Trinajstić information content (AvgIpc) is 3.42. The molecule has 0 radical (unpaired) electrons. The molecule has 0 bridgehead atoms. The topological polar surface area (TPSA) is 84.0 Å². The molecule has 2 aliphatic rings. The Bertz CT molecular complexity index is 948. The van der Waals surface area contributed by atoms with Gasteiger partial charge in [-0.2, -0.15) is 0 Å². The fourth-order valence-corrected chi connectivity index (χ4v) is 5.17. The van der Waals surface area contributed by atoms with Gasteiger partial charge in [0.05, 0.1) is 20.3 Å². The Morgan fingerprint density at radius 2 is 1.62 bits per heavy atom. The molecule has 34 heavy (non-hydrogen) atoms. The van der Waals surface area contributed by atoms with Crippen molar-refractivity contribution in [3.8, 4) is 11.5 Å². The van der Waals surface area contributed by atoms with E-state index >= 15 is 0 Å². The molecule has 2 heterocycles. The number of rotatable bonds is 8. The van der Waals surface area contributed by atoms with Crippen molar-refractivity contribution in [3.63, 3.8) is 0 Å². The number of pyridine rings is 1. The van der Waals surface area contributed by atoms with Crippen LogP contribution in [-0.2, 0) is 11.3 Å². The predicted octanol–water partition coefficient (Wildman–Crippen LogP) is 2.73. The van der Waals surface area contributed by atoms with E-state index in [1.54, 1.807) is 38.7 Å². The van der Waals surface area contributed by atoms with Crippen LogP contribution >= 0.6 is 0 Å². The van der Waals surface area contributed by atoms with Gasteiger partial charge in [-0.3, -0.25) is 19.5 Å². The maximum absolute atomic E-state index is 13.3. The van der Waals surface area contributed by atoms with Gasteiger partial charge in [0, 0.05) is 45.1 Å². The second-order valence-corrected chi connectivity index (χ2v) is 8.93. The molecule has 1 atom stereocenters. The Morgan fingerprint density at radius 1 is 1.00 bits per heavy atom. The summed E-state index contributed by atoms with van der Waals surface area (Å²) < 4.78 is 10.9. The number of piperazine rings is 1. The van der Waals surface area contributed by atoms with E-state index in [9.17, 15) is 9.59 Å². The lowest BCUT2D eigenvalue weighted by atomic mass is 9.94. The predicted molar refractivity (Wildman–Crippen MR) is 129 cm³/mol. The van der Waals surface area contributed by atoms with E-state index in [0.29, 0.717) is 55.7 Å². The summed E-state index contributed by atoms with van der Waals surface area (Å²) in [6, 6.07) is 9.03. The standard InChI is InChI=1S/C26H34N4O4/c1-33-21-8-5-9-22(34-2)23(21)26(32)30-16-14-29(15-17-30)24(20-6-3-4-7-20)25(31)28-18-19-10-12-27-13-11-19/h5,8-13,20,24H,3-4,6-7,14-18H2,1-2H3,(H,28,31). The first-order chi connectivity index (χ1) is 16.6. The fraction of sp³-hybridized carbons (Fsp3) is 0.500. The van der Waals surface area contributed by atoms with Crippen molar-refractivity contribution in [2.45, 2.75) is 38.3 Å². The van der Waals surface area contributed by atoms with E-state index in [1.165, 1.54) is 12.8 Å². The summed E-state index contributed by atoms with van der Waals surface area (Å²) in [5.41, 5.74) is 1.48. The van der Waals surface area contributed by atoms with Crippen LogP contribution in [0, 0.1) is 5.92 Å². The van der Waals surface area contributed by atoms with Crippen molar-refractivity contribution in [2.24, 2.45) is 5.92 Å². The lowest BCUT2D eigenvalue weighted by Crippen LogP contribution is -2.57. The van der Waals surface area contributed by atoms with E-state index in [2.05, 4.69) is 15.2 Å². The molecule has 1 saturated carbocycles. The van der Waals surface area contributed by atoms with Crippen molar-refractivity contribution >= 4 is 11.8 Å². The number of amides is 2. The third-order valence-corrected chi connectivity index (χ3v) is 6.97. The molecule has 1 aliphatic heterocycles. The van der Waals surface area contributed by atoms with Crippen LogP contribution in [0.15, 0.2) is 42.7 Å². The molecule has 182 valence electrons. The van der Waals surface area contributed by atoms with Gasteiger partial charge in [-0.15, -0.1) is 0 Å². The van der Waals surface area contributed by atoms with E-state index in [4.69, 9.17) is 9.47 Å². The highest BCUT2D eigenvalue weighted by Gasteiger charge is 2.37. The number of nitrogens with zero attached hydrogens (tertiary/aromatic N) is 3. The molecule has 1 aromatic carbocycles. The molecule has 1 saturated heterocycles. The number of carbonyl (C=O) groups excluding carboxylic acids is 2. The summed E-state index contributed by atoms with van der Waals surface area (Å²) >= 11 is 0. The van der Waals surface area contributed by atoms with Gasteiger partial charge in [0.2, 0.25) is 5.91 Å². The lowest BCUT2D eigenvalue weighted by Gasteiger charge is -2.41. The van der Waals surface area contributed by atoms with Gasteiger partial charge in [-0.05, 0) is 48.6 Å².